The summed E-state index contributed by atoms with van der Waals surface area (Å²) in [6.45, 7) is 3.00. The molecule has 2 heterocycles. The van der Waals surface area contributed by atoms with Gasteiger partial charge in [-0.1, -0.05) is 12.1 Å². The molecule has 3 rings (SSSR count). The lowest BCUT2D eigenvalue weighted by Crippen LogP contribution is -2.36. The minimum atomic E-state index is -0.554. The zero-order chi connectivity index (χ0) is 15.5. The fraction of sp³-hybridized carbons (Fsp3) is 0.267. The normalized spacial score (nSPS) is 14.8. The molecule has 2 aromatic rings. The van der Waals surface area contributed by atoms with Gasteiger partial charge in [0.15, 0.2) is 0 Å². The first-order valence-corrected chi connectivity index (χ1v) is 7.02. The van der Waals surface area contributed by atoms with Crippen molar-refractivity contribution in [2.45, 2.75) is 0 Å². The van der Waals surface area contributed by atoms with Gasteiger partial charge in [0, 0.05) is 30.5 Å². The Morgan fingerprint density at radius 1 is 1.27 bits per heavy atom. The first-order chi connectivity index (χ1) is 10.7. The van der Waals surface area contributed by atoms with Crippen molar-refractivity contribution < 1.29 is 4.74 Å². The highest BCUT2D eigenvalue weighted by Gasteiger charge is 2.14. The molecule has 1 aliphatic rings. The van der Waals surface area contributed by atoms with Crippen LogP contribution < -0.4 is 16.3 Å². The van der Waals surface area contributed by atoms with E-state index in [0.29, 0.717) is 18.8 Å². The van der Waals surface area contributed by atoms with Crippen molar-refractivity contribution in [2.24, 2.45) is 0 Å². The highest BCUT2D eigenvalue weighted by Crippen LogP contribution is 2.18. The Kier molecular flexibility index (Phi) is 3.88. The molecule has 0 unspecified atom stereocenters. The van der Waals surface area contributed by atoms with Gasteiger partial charge in [-0.2, -0.15) is 0 Å². The van der Waals surface area contributed by atoms with E-state index < -0.39 is 5.69 Å². The van der Waals surface area contributed by atoms with Crippen LogP contribution in [0.1, 0.15) is 5.56 Å². The van der Waals surface area contributed by atoms with Crippen molar-refractivity contribution in [1.29, 1.82) is 5.41 Å². The molecule has 7 heteroatoms. The molecule has 1 fully saturated rings. The summed E-state index contributed by atoms with van der Waals surface area (Å²) in [4.78, 5) is 17.7. The van der Waals surface area contributed by atoms with Crippen LogP contribution in [-0.2, 0) is 4.74 Å². The smallest absolute Gasteiger partial charge is 0.354 e. The Hall–Kier alpha value is -2.67. The molecule has 0 amide bonds. The summed E-state index contributed by atoms with van der Waals surface area (Å²) in [6.07, 6.45) is 1.34. The van der Waals surface area contributed by atoms with Crippen LogP contribution in [0.3, 0.4) is 0 Å². The Bertz CT molecular complexity index is 750. The van der Waals surface area contributed by atoms with Crippen LogP contribution in [0.25, 0.3) is 0 Å². The van der Waals surface area contributed by atoms with Crippen LogP contribution >= 0.6 is 0 Å². The van der Waals surface area contributed by atoms with Crippen LogP contribution in [-0.4, -0.2) is 41.7 Å². The molecule has 1 aliphatic heterocycles. The number of anilines is 2. The second-order valence-electron chi connectivity index (χ2n) is 4.99. The number of rotatable bonds is 2. The van der Waals surface area contributed by atoms with E-state index >= 15 is 0 Å². The maximum atomic E-state index is 11.8. The molecule has 1 saturated heterocycles. The van der Waals surface area contributed by atoms with Crippen molar-refractivity contribution in [2.75, 3.05) is 36.9 Å². The van der Waals surface area contributed by atoms with E-state index in [1.807, 2.05) is 18.2 Å². The monoisotopic (exact) mass is 299 g/mol. The summed E-state index contributed by atoms with van der Waals surface area (Å²) in [5.41, 5.74) is 6.86. The fourth-order valence-corrected chi connectivity index (χ4v) is 2.45. The number of benzene rings is 1. The third-order valence-electron chi connectivity index (χ3n) is 3.60. The summed E-state index contributed by atoms with van der Waals surface area (Å²) >= 11 is 0. The third-order valence-corrected chi connectivity index (χ3v) is 3.60. The number of nitrogens with one attached hydrogen (secondary N) is 1. The molecule has 3 N–H and O–H groups in total. The van der Waals surface area contributed by atoms with Gasteiger partial charge in [-0.25, -0.2) is 14.3 Å². The number of aromatic nitrogens is 2. The van der Waals surface area contributed by atoms with E-state index in [1.54, 1.807) is 6.07 Å². The highest BCUT2D eigenvalue weighted by atomic mass is 16.5. The lowest BCUT2D eigenvalue weighted by molar-refractivity contribution is 0.122. The van der Waals surface area contributed by atoms with Gasteiger partial charge in [0.2, 0.25) is 0 Å². The molecule has 0 spiro atoms. The lowest BCUT2D eigenvalue weighted by atomic mass is 10.1. The summed E-state index contributed by atoms with van der Waals surface area (Å²) in [5.74, 6) is 0.215. The quantitative estimate of drug-likeness (QED) is 0.623. The first-order valence-electron chi connectivity index (χ1n) is 7.02. The lowest BCUT2D eigenvalue weighted by Gasteiger charge is -2.29. The van der Waals surface area contributed by atoms with Crippen molar-refractivity contribution in [3.8, 4) is 0 Å². The molecule has 7 nitrogen and oxygen atoms in total. The van der Waals surface area contributed by atoms with Crippen LogP contribution in [0.15, 0.2) is 41.3 Å². The summed E-state index contributed by atoms with van der Waals surface area (Å²) in [7, 11) is 0. The zero-order valence-electron chi connectivity index (χ0n) is 12.0. The average Bonchev–Trinajstić information content (AvgIpc) is 2.55. The van der Waals surface area contributed by atoms with Crippen molar-refractivity contribution in [1.82, 2.24) is 9.55 Å². The van der Waals surface area contributed by atoms with Crippen LogP contribution in [0, 0.1) is 5.41 Å². The van der Waals surface area contributed by atoms with E-state index in [9.17, 15) is 4.79 Å². The third kappa shape index (κ3) is 2.71. The standard InChI is InChI=1S/C15H17N5O2/c16-13-4-5-18-15(21)20(13)14(17)11-2-1-3-12(10-11)19-6-8-22-9-7-19/h1-5,10,17H,6-9,16H2. The number of hydrogen-bond acceptors (Lipinski definition) is 6. The van der Waals surface area contributed by atoms with Gasteiger partial charge in [0.1, 0.15) is 11.7 Å². The second kappa shape index (κ2) is 5.98. The molecule has 0 bridgehead atoms. The zero-order valence-corrected chi connectivity index (χ0v) is 12.0. The molecular weight excluding hydrogens is 282 g/mol. The van der Waals surface area contributed by atoms with Crippen molar-refractivity contribution >= 4 is 17.3 Å². The molecule has 0 atom stereocenters. The second-order valence-corrected chi connectivity index (χ2v) is 4.99. The summed E-state index contributed by atoms with van der Waals surface area (Å²) in [6, 6.07) is 9.02. The Labute approximate surface area is 127 Å². The topological polar surface area (TPSA) is 97.2 Å². The number of nitrogen functional groups attached to an aromatic ring is 1. The predicted molar refractivity (Wildman–Crippen MR) is 84.6 cm³/mol. The van der Waals surface area contributed by atoms with Gasteiger partial charge >= 0.3 is 5.69 Å². The largest absolute Gasteiger partial charge is 0.385 e. The maximum absolute atomic E-state index is 11.8. The minimum absolute atomic E-state index is 0.0192. The van der Waals surface area contributed by atoms with Crippen molar-refractivity contribution in [3.05, 3.63) is 52.6 Å². The number of nitrogens with zero attached hydrogens (tertiary/aromatic N) is 3. The van der Waals surface area contributed by atoms with E-state index in [-0.39, 0.29) is 11.7 Å². The van der Waals surface area contributed by atoms with Crippen LogP contribution in [0.4, 0.5) is 11.5 Å². The Balaban J connectivity index is 1.95. The summed E-state index contributed by atoms with van der Waals surface area (Å²) < 4.78 is 6.44. The van der Waals surface area contributed by atoms with Crippen LogP contribution in [0.5, 0.6) is 0 Å². The molecule has 0 saturated carbocycles. The number of morpholine rings is 1. The van der Waals surface area contributed by atoms with E-state index in [4.69, 9.17) is 15.9 Å². The minimum Gasteiger partial charge on any atom is -0.385 e. The van der Waals surface area contributed by atoms with Gasteiger partial charge in [-0.15, -0.1) is 0 Å². The van der Waals surface area contributed by atoms with E-state index in [0.717, 1.165) is 23.3 Å². The van der Waals surface area contributed by atoms with Crippen molar-refractivity contribution in [3.63, 3.8) is 0 Å². The average molecular weight is 299 g/mol. The number of hydrogen-bond donors (Lipinski definition) is 2. The molecule has 1 aromatic carbocycles. The molecule has 114 valence electrons. The van der Waals surface area contributed by atoms with Gasteiger partial charge in [0.05, 0.1) is 13.2 Å². The Morgan fingerprint density at radius 3 is 2.77 bits per heavy atom. The predicted octanol–water partition coefficient (Wildman–Crippen LogP) is 0.536. The van der Waals surface area contributed by atoms with Gasteiger partial charge in [0.25, 0.3) is 0 Å². The Morgan fingerprint density at radius 2 is 2.05 bits per heavy atom. The molecule has 22 heavy (non-hydrogen) atoms. The SMILES string of the molecule is N=C(c1cccc(N2CCOCC2)c1)n1c(N)ccnc1=O. The van der Waals surface area contributed by atoms with E-state index in [1.165, 1.54) is 12.3 Å². The van der Waals surface area contributed by atoms with E-state index in [2.05, 4.69) is 9.88 Å². The van der Waals surface area contributed by atoms with Gasteiger partial charge < -0.3 is 15.4 Å². The molecule has 0 aliphatic carbocycles. The molecular formula is C15H17N5O2. The highest BCUT2D eigenvalue weighted by molar-refractivity contribution is 6.00. The number of nitrogens with two attached hydrogens (primary N) is 1. The molecule has 0 radical (unpaired) electrons. The van der Waals surface area contributed by atoms with Crippen LogP contribution in [0.2, 0.25) is 0 Å². The fourth-order valence-electron chi connectivity index (χ4n) is 2.45. The summed E-state index contributed by atoms with van der Waals surface area (Å²) in [5, 5.41) is 8.26. The maximum Gasteiger partial charge on any atom is 0.354 e. The molecule has 1 aromatic heterocycles. The number of ether oxygens (including phenoxy) is 1. The van der Waals surface area contributed by atoms with Gasteiger partial charge in [-0.05, 0) is 18.2 Å². The first kappa shape index (κ1) is 14.3. The van der Waals surface area contributed by atoms with Gasteiger partial charge in [-0.3, -0.25) is 5.41 Å².